The quantitative estimate of drug-likeness (QED) is 0.800. The van der Waals surface area contributed by atoms with E-state index in [2.05, 4.69) is 25.8 Å². The number of amides is 1. The van der Waals surface area contributed by atoms with E-state index in [1.54, 1.807) is 19.2 Å². The lowest BCUT2D eigenvalue weighted by Gasteiger charge is -2.23. The van der Waals surface area contributed by atoms with Crippen LogP contribution in [0.15, 0.2) is 18.3 Å². The van der Waals surface area contributed by atoms with Crippen molar-refractivity contribution < 1.29 is 9.53 Å². The van der Waals surface area contributed by atoms with Crippen LogP contribution in [0, 0.1) is 6.92 Å². The molecule has 1 fully saturated rings. The summed E-state index contributed by atoms with van der Waals surface area (Å²) in [5.41, 5.74) is 2.23. The van der Waals surface area contributed by atoms with Gasteiger partial charge in [-0.05, 0) is 19.1 Å². The van der Waals surface area contributed by atoms with Crippen molar-refractivity contribution in [3.63, 3.8) is 0 Å². The Morgan fingerprint density at radius 2 is 2.36 bits per heavy atom. The number of nitrogens with one attached hydrogen (secondary N) is 3. The molecule has 0 spiro atoms. The number of H-pyrrole nitrogens is 1. The van der Waals surface area contributed by atoms with Crippen molar-refractivity contribution in [1.82, 2.24) is 20.5 Å². The summed E-state index contributed by atoms with van der Waals surface area (Å²) in [4.78, 5) is 16.4. The Labute approximate surface area is 132 Å². The van der Waals surface area contributed by atoms with E-state index in [1.807, 2.05) is 6.07 Å². The first kappa shape index (κ1) is 15.0. The minimum Gasteiger partial charge on any atom is -0.369 e. The highest BCUT2D eigenvalue weighted by atomic mass is 35.5. The molecule has 22 heavy (non-hydrogen) atoms. The molecule has 1 aliphatic rings. The molecule has 0 unspecified atom stereocenters. The molecular weight excluding hydrogens is 306 g/mol. The van der Waals surface area contributed by atoms with Crippen molar-refractivity contribution in [2.24, 2.45) is 0 Å². The average Bonchev–Trinajstić information content (AvgIpc) is 2.88. The SMILES string of the molecule is Cc1[nH]nc(C(=O)Nc2ccc([C@@H]3CNCCO3)nc2)c1Cl. The first-order valence-electron chi connectivity index (χ1n) is 6.95. The number of aromatic amines is 1. The number of halogens is 1. The number of pyridine rings is 1. The van der Waals surface area contributed by atoms with Crippen LogP contribution in [-0.4, -0.2) is 40.8 Å². The predicted octanol–water partition coefficient (Wildman–Crippen LogP) is 1.68. The molecule has 2 aromatic heterocycles. The van der Waals surface area contributed by atoms with Crippen molar-refractivity contribution in [2.45, 2.75) is 13.0 Å². The smallest absolute Gasteiger partial charge is 0.277 e. The number of carbonyl (C=O) groups excluding carboxylic acids is 1. The number of hydrogen-bond acceptors (Lipinski definition) is 5. The number of carbonyl (C=O) groups is 1. The van der Waals surface area contributed by atoms with E-state index in [-0.39, 0.29) is 17.7 Å². The normalized spacial score (nSPS) is 18.2. The molecular formula is C14H16ClN5O2. The Balaban J connectivity index is 1.68. The van der Waals surface area contributed by atoms with Gasteiger partial charge in [-0.15, -0.1) is 0 Å². The highest BCUT2D eigenvalue weighted by Gasteiger charge is 2.18. The topological polar surface area (TPSA) is 91.9 Å². The molecule has 8 heteroatoms. The lowest BCUT2D eigenvalue weighted by Crippen LogP contribution is -2.33. The zero-order valence-corrected chi connectivity index (χ0v) is 12.8. The monoisotopic (exact) mass is 321 g/mol. The molecule has 3 rings (SSSR count). The molecule has 0 aromatic carbocycles. The van der Waals surface area contributed by atoms with E-state index >= 15 is 0 Å². The molecule has 116 valence electrons. The number of anilines is 1. The standard InChI is InChI=1S/C14H16ClN5O2/c1-8-12(15)13(20-19-8)14(21)18-9-2-3-10(17-6-9)11-7-16-4-5-22-11/h2-3,6,11,16H,4-5,7H2,1H3,(H,18,21)(H,19,20)/t11-/m0/s1. The number of hydrogen-bond donors (Lipinski definition) is 3. The summed E-state index contributed by atoms with van der Waals surface area (Å²) in [6, 6.07) is 3.62. The van der Waals surface area contributed by atoms with Crippen LogP contribution in [0.4, 0.5) is 5.69 Å². The zero-order valence-electron chi connectivity index (χ0n) is 12.0. The van der Waals surface area contributed by atoms with Gasteiger partial charge in [-0.3, -0.25) is 14.9 Å². The minimum atomic E-state index is -0.375. The Kier molecular flexibility index (Phi) is 4.37. The lowest BCUT2D eigenvalue weighted by atomic mass is 10.2. The minimum absolute atomic E-state index is 0.0538. The number of ether oxygens (including phenoxy) is 1. The fourth-order valence-electron chi connectivity index (χ4n) is 2.18. The predicted molar refractivity (Wildman–Crippen MR) is 82.1 cm³/mol. The van der Waals surface area contributed by atoms with Gasteiger partial charge < -0.3 is 15.4 Å². The summed E-state index contributed by atoms with van der Waals surface area (Å²) in [5, 5.41) is 12.8. The molecule has 1 aliphatic heterocycles. The number of rotatable bonds is 3. The van der Waals surface area contributed by atoms with Crippen molar-refractivity contribution in [2.75, 3.05) is 25.0 Å². The number of aromatic nitrogens is 3. The Hall–Kier alpha value is -1.96. The number of aryl methyl sites for hydroxylation is 1. The van der Waals surface area contributed by atoms with Crippen molar-refractivity contribution in [3.8, 4) is 0 Å². The highest BCUT2D eigenvalue weighted by molar-refractivity contribution is 6.34. The molecule has 0 radical (unpaired) electrons. The van der Waals surface area contributed by atoms with Crippen LogP contribution >= 0.6 is 11.6 Å². The van der Waals surface area contributed by atoms with E-state index < -0.39 is 0 Å². The second kappa shape index (κ2) is 6.43. The van der Waals surface area contributed by atoms with E-state index in [1.165, 1.54) is 0 Å². The molecule has 7 nitrogen and oxygen atoms in total. The third-order valence-corrected chi connectivity index (χ3v) is 3.85. The van der Waals surface area contributed by atoms with Crippen LogP contribution in [0.3, 0.4) is 0 Å². The Morgan fingerprint density at radius 1 is 1.50 bits per heavy atom. The first-order chi connectivity index (χ1) is 10.6. The van der Waals surface area contributed by atoms with Gasteiger partial charge in [0, 0.05) is 13.1 Å². The summed E-state index contributed by atoms with van der Waals surface area (Å²) >= 11 is 6.00. The zero-order chi connectivity index (χ0) is 15.5. The van der Waals surface area contributed by atoms with Crippen molar-refractivity contribution >= 4 is 23.2 Å². The first-order valence-corrected chi connectivity index (χ1v) is 7.33. The van der Waals surface area contributed by atoms with Gasteiger partial charge in [-0.1, -0.05) is 11.6 Å². The number of morpholine rings is 1. The van der Waals surface area contributed by atoms with Crippen LogP contribution in [0.5, 0.6) is 0 Å². The van der Waals surface area contributed by atoms with Crippen LogP contribution in [0.2, 0.25) is 5.02 Å². The molecule has 1 amide bonds. The fraction of sp³-hybridized carbons (Fsp3) is 0.357. The number of nitrogens with zero attached hydrogens (tertiary/aromatic N) is 2. The summed E-state index contributed by atoms with van der Waals surface area (Å²) in [7, 11) is 0. The fourth-order valence-corrected chi connectivity index (χ4v) is 2.35. The summed E-state index contributed by atoms with van der Waals surface area (Å²) in [6.07, 6.45) is 1.54. The maximum absolute atomic E-state index is 12.1. The maximum Gasteiger partial charge on any atom is 0.277 e. The van der Waals surface area contributed by atoms with E-state index in [0.717, 1.165) is 18.8 Å². The largest absolute Gasteiger partial charge is 0.369 e. The van der Waals surface area contributed by atoms with Gasteiger partial charge in [-0.2, -0.15) is 5.10 Å². The van der Waals surface area contributed by atoms with E-state index in [9.17, 15) is 4.79 Å². The molecule has 3 N–H and O–H groups in total. The molecule has 0 bridgehead atoms. The van der Waals surface area contributed by atoms with Gasteiger partial charge in [0.25, 0.3) is 5.91 Å². The molecule has 1 atom stereocenters. The van der Waals surface area contributed by atoms with Gasteiger partial charge in [0.05, 0.1) is 34.9 Å². The molecule has 3 heterocycles. The van der Waals surface area contributed by atoms with Gasteiger partial charge in [-0.25, -0.2) is 0 Å². The van der Waals surface area contributed by atoms with Crippen molar-refractivity contribution in [3.05, 3.63) is 40.4 Å². The summed E-state index contributed by atoms with van der Waals surface area (Å²) in [5.74, 6) is -0.375. The van der Waals surface area contributed by atoms with Crippen LogP contribution in [0.25, 0.3) is 0 Å². The molecule has 2 aromatic rings. The van der Waals surface area contributed by atoms with Gasteiger partial charge in [0.1, 0.15) is 6.10 Å². The Bertz CT molecular complexity index is 664. The third-order valence-electron chi connectivity index (χ3n) is 3.39. The van der Waals surface area contributed by atoms with Gasteiger partial charge >= 0.3 is 0 Å². The Morgan fingerprint density at radius 3 is 2.95 bits per heavy atom. The van der Waals surface area contributed by atoms with Gasteiger partial charge in [0.15, 0.2) is 5.69 Å². The average molecular weight is 322 g/mol. The molecule has 1 saturated heterocycles. The maximum atomic E-state index is 12.1. The van der Waals surface area contributed by atoms with E-state index in [0.29, 0.717) is 23.0 Å². The van der Waals surface area contributed by atoms with Crippen molar-refractivity contribution in [1.29, 1.82) is 0 Å². The highest BCUT2D eigenvalue weighted by Crippen LogP contribution is 2.20. The van der Waals surface area contributed by atoms with Crippen LogP contribution in [-0.2, 0) is 4.74 Å². The van der Waals surface area contributed by atoms with Gasteiger partial charge in [0.2, 0.25) is 0 Å². The molecule has 0 saturated carbocycles. The molecule has 0 aliphatic carbocycles. The van der Waals surface area contributed by atoms with Crippen LogP contribution in [0.1, 0.15) is 28.0 Å². The summed E-state index contributed by atoms with van der Waals surface area (Å²) in [6.45, 7) is 4.01. The third kappa shape index (κ3) is 3.11. The second-order valence-electron chi connectivity index (χ2n) is 5.00. The second-order valence-corrected chi connectivity index (χ2v) is 5.38. The van der Waals surface area contributed by atoms with Crippen LogP contribution < -0.4 is 10.6 Å². The lowest BCUT2D eigenvalue weighted by molar-refractivity contribution is 0.0250. The summed E-state index contributed by atoms with van der Waals surface area (Å²) < 4.78 is 5.63. The van der Waals surface area contributed by atoms with E-state index in [4.69, 9.17) is 16.3 Å².